The molecule has 2 rings (SSSR count). The molecule has 2 N–H and O–H groups in total. The van der Waals surface area contributed by atoms with Gasteiger partial charge in [-0.2, -0.15) is 0 Å². The number of carbonyl (C=O) groups is 1. The summed E-state index contributed by atoms with van der Waals surface area (Å²) in [5.41, 5.74) is -0.545. The number of carbonyl (C=O) groups excluding carboxylic acids is 1. The fourth-order valence-corrected chi connectivity index (χ4v) is 1.64. The Hall–Kier alpha value is -1.48. The predicted octanol–water partition coefficient (Wildman–Crippen LogP) is 2.28. The lowest BCUT2D eigenvalue weighted by Gasteiger charge is -2.30. The van der Waals surface area contributed by atoms with Gasteiger partial charge in [0.15, 0.2) is 0 Å². The molecule has 0 unspecified atom stereocenters. The SMILES string of the molecule is C1COCCO1.CC.CN(C)C(C)(C)C(=O)Nc1cc(C(C)(C)CO)no1. The van der Waals surface area contributed by atoms with Gasteiger partial charge in [0.1, 0.15) is 0 Å². The molecule has 0 bridgehead atoms. The summed E-state index contributed by atoms with van der Waals surface area (Å²) in [6.45, 7) is 14.4. The van der Waals surface area contributed by atoms with E-state index in [0.717, 1.165) is 26.4 Å². The molecule has 0 atom stereocenters. The van der Waals surface area contributed by atoms with Gasteiger partial charge in [-0.15, -0.1) is 0 Å². The first-order valence-electron chi connectivity index (χ1n) is 9.33. The highest BCUT2D eigenvalue weighted by molar-refractivity contribution is 5.96. The Labute approximate surface area is 163 Å². The molecule has 1 saturated heterocycles. The van der Waals surface area contributed by atoms with Gasteiger partial charge in [0, 0.05) is 11.5 Å². The first-order chi connectivity index (χ1) is 12.6. The lowest BCUT2D eigenvalue weighted by Crippen LogP contribution is -2.48. The van der Waals surface area contributed by atoms with E-state index < -0.39 is 11.0 Å². The van der Waals surface area contributed by atoms with E-state index in [4.69, 9.17) is 14.0 Å². The molecule has 27 heavy (non-hydrogen) atoms. The second-order valence-electron chi connectivity index (χ2n) is 7.25. The number of nitrogens with zero attached hydrogens (tertiary/aromatic N) is 2. The van der Waals surface area contributed by atoms with Crippen molar-refractivity contribution in [2.45, 2.75) is 52.5 Å². The van der Waals surface area contributed by atoms with Crippen molar-refractivity contribution >= 4 is 11.8 Å². The number of rotatable bonds is 5. The Bertz CT molecular complexity index is 526. The molecule has 0 aromatic carbocycles. The molecular formula is C19H37N3O5. The highest BCUT2D eigenvalue weighted by Gasteiger charge is 2.31. The third-order valence-corrected chi connectivity index (χ3v) is 4.25. The number of likely N-dealkylation sites (N-methyl/N-ethyl adjacent to an activating group) is 1. The van der Waals surface area contributed by atoms with Gasteiger partial charge in [-0.25, -0.2) is 0 Å². The summed E-state index contributed by atoms with van der Waals surface area (Å²) in [4.78, 5) is 13.9. The van der Waals surface area contributed by atoms with E-state index in [0.29, 0.717) is 5.69 Å². The van der Waals surface area contributed by atoms with Crippen molar-refractivity contribution in [2.24, 2.45) is 0 Å². The van der Waals surface area contributed by atoms with Crippen LogP contribution in [0, 0.1) is 0 Å². The van der Waals surface area contributed by atoms with E-state index in [1.54, 1.807) is 6.07 Å². The minimum absolute atomic E-state index is 0.0455. The molecule has 8 nitrogen and oxygen atoms in total. The Morgan fingerprint density at radius 3 is 2.00 bits per heavy atom. The second kappa shape index (κ2) is 12.1. The van der Waals surface area contributed by atoms with Crippen LogP contribution >= 0.6 is 0 Å². The van der Waals surface area contributed by atoms with Crippen LogP contribution < -0.4 is 5.32 Å². The van der Waals surface area contributed by atoms with Crippen molar-refractivity contribution in [1.82, 2.24) is 10.1 Å². The number of ether oxygens (including phenoxy) is 2. The van der Waals surface area contributed by atoms with E-state index in [1.807, 2.05) is 60.5 Å². The summed E-state index contributed by atoms with van der Waals surface area (Å²) in [5.74, 6) is 0.110. The summed E-state index contributed by atoms with van der Waals surface area (Å²) in [5, 5.41) is 15.8. The molecule has 0 aliphatic carbocycles. The Morgan fingerprint density at radius 1 is 1.15 bits per heavy atom. The van der Waals surface area contributed by atoms with Crippen LogP contribution in [0.15, 0.2) is 10.6 Å². The first-order valence-corrected chi connectivity index (χ1v) is 9.33. The molecule has 8 heteroatoms. The van der Waals surface area contributed by atoms with Gasteiger partial charge in [-0.3, -0.25) is 15.0 Å². The molecule has 1 aliphatic rings. The van der Waals surface area contributed by atoms with E-state index in [9.17, 15) is 9.90 Å². The molecule has 1 aromatic heterocycles. The van der Waals surface area contributed by atoms with Gasteiger partial charge in [0.2, 0.25) is 11.8 Å². The molecule has 0 radical (unpaired) electrons. The van der Waals surface area contributed by atoms with Gasteiger partial charge < -0.3 is 19.1 Å². The Balaban J connectivity index is 0.000000702. The number of hydrogen-bond donors (Lipinski definition) is 2. The maximum atomic E-state index is 12.1. The van der Waals surface area contributed by atoms with Gasteiger partial charge >= 0.3 is 0 Å². The quantitative estimate of drug-likeness (QED) is 0.800. The number of anilines is 1. The first kappa shape index (κ1) is 25.5. The van der Waals surface area contributed by atoms with E-state index in [1.165, 1.54) is 0 Å². The van der Waals surface area contributed by atoms with Crippen LogP contribution in [-0.4, -0.2) is 73.7 Å². The monoisotopic (exact) mass is 387 g/mol. The summed E-state index contributed by atoms with van der Waals surface area (Å²) in [7, 11) is 3.67. The Morgan fingerprint density at radius 2 is 1.63 bits per heavy atom. The van der Waals surface area contributed by atoms with Crippen LogP contribution in [-0.2, 0) is 19.7 Å². The lowest BCUT2D eigenvalue weighted by molar-refractivity contribution is -0.124. The molecule has 1 amide bonds. The van der Waals surface area contributed by atoms with Crippen LogP contribution in [0.4, 0.5) is 5.88 Å². The lowest BCUT2D eigenvalue weighted by atomic mass is 9.91. The van der Waals surface area contributed by atoms with Gasteiger partial charge in [-0.05, 0) is 27.9 Å². The maximum absolute atomic E-state index is 12.1. The molecule has 1 aliphatic heterocycles. The third kappa shape index (κ3) is 8.38. The minimum atomic E-state index is -0.653. The fraction of sp³-hybridized carbons (Fsp3) is 0.789. The van der Waals surface area contributed by atoms with Crippen molar-refractivity contribution in [3.05, 3.63) is 11.8 Å². The predicted molar refractivity (Wildman–Crippen MR) is 106 cm³/mol. The number of amides is 1. The highest BCUT2D eigenvalue weighted by Crippen LogP contribution is 2.24. The molecule has 158 valence electrons. The van der Waals surface area contributed by atoms with Crippen LogP contribution in [0.2, 0.25) is 0 Å². The van der Waals surface area contributed by atoms with Crippen molar-refractivity contribution in [2.75, 3.05) is 52.4 Å². The normalized spacial score (nSPS) is 14.6. The van der Waals surface area contributed by atoms with Crippen molar-refractivity contribution in [3.63, 3.8) is 0 Å². The smallest absolute Gasteiger partial charge is 0.246 e. The summed E-state index contributed by atoms with van der Waals surface area (Å²) >= 11 is 0. The van der Waals surface area contributed by atoms with Crippen molar-refractivity contribution in [1.29, 1.82) is 0 Å². The molecule has 1 fully saturated rings. The summed E-state index contributed by atoms with van der Waals surface area (Å²) in [6.07, 6.45) is 0. The maximum Gasteiger partial charge on any atom is 0.246 e. The number of nitrogens with one attached hydrogen (secondary N) is 1. The molecule has 0 saturated carbocycles. The van der Waals surface area contributed by atoms with Crippen LogP contribution in [0.3, 0.4) is 0 Å². The largest absolute Gasteiger partial charge is 0.395 e. The fourth-order valence-electron chi connectivity index (χ4n) is 1.64. The van der Waals surface area contributed by atoms with Gasteiger partial charge in [0.25, 0.3) is 0 Å². The zero-order valence-electron chi connectivity index (χ0n) is 18.1. The van der Waals surface area contributed by atoms with Gasteiger partial charge in [0.05, 0.1) is 44.3 Å². The highest BCUT2D eigenvalue weighted by atomic mass is 16.6. The third-order valence-electron chi connectivity index (χ3n) is 4.25. The van der Waals surface area contributed by atoms with Crippen LogP contribution in [0.1, 0.15) is 47.2 Å². The molecule has 1 aromatic rings. The van der Waals surface area contributed by atoms with Crippen molar-refractivity contribution < 1.29 is 23.9 Å². The van der Waals surface area contributed by atoms with Crippen LogP contribution in [0.5, 0.6) is 0 Å². The summed E-state index contributed by atoms with van der Waals surface area (Å²) in [6, 6.07) is 1.64. The Kier molecular flexibility index (Phi) is 11.4. The minimum Gasteiger partial charge on any atom is -0.395 e. The van der Waals surface area contributed by atoms with Gasteiger partial charge in [-0.1, -0.05) is 32.9 Å². The van der Waals surface area contributed by atoms with Crippen LogP contribution in [0.25, 0.3) is 0 Å². The topological polar surface area (TPSA) is 97.1 Å². The number of aromatic nitrogens is 1. The summed E-state index contributed by atoms with van der Waals surface area (Å²) < 4.78 is 15.0. The number of hydrogen-bond acceptors (Lipinski definition) is 7. The average molecular weight is 388 g/mol. The van der Waals surface area contributed by atoms with E-state index in [-0.39, 0.29) is 18.4 Å². The molecule has 0 spiro atoms. The van der Waals surface area contributed by atoms with Crippen molar-refractivity contribution in [3.8, 4) is 0 Å². The zero-order valence-corrected chi connectivity index (χ0v) is 18.1. The zero-order chi connectivity index (χ0) is 21.1. The average Bonchev–Trinajstić information content (AvgIpc) is 3.14. The number of aliphatic hydroxyl groups is 1. The molecule has 2 heterocycles. The van der Waals surface area contributed by atoms with E-state index in [2.05, 4.69) is 10.5 Å². The number of aliphatic hydroxyl groups excluding tert-OH is 1. The second-order valence-corrected chi connectivity index (χ2v) is 7.25. The standard InChI is InChI=1S/C13H23N3O3.C4H8O2.C2H6/c1-12(2,8-17)9-7-10(19-15-9)14-11(18)13(3,4)16(5)6;1-2-6-4-3-5-1;1-2/h7,17H,8H2,1-6H3,(H,14,18);1-4H2;1-2H3. The molecular weight excluding hydrogens is 350 g/mol. The van der Waals surface area contributed by atoms with E-state index >= 15 is 0 Å².